The van der Waals surface area contributed by atoms with Crippen LogP contribution in [0, 0.1) is 35.5 Å². The first-order chi connectivity index (χ1) is 11.9. The van der Waals surface area contributed by atoms with E-state index < -0.39 is 5.97 Å². The lowest BCUT2D eigenvalue weighted by Gasteiger charge is -2.24. The van der Waals surface area contributed by atoms with E-state index in [9.17, 15) is 19.2 Å². The minimum Gasteiger partial charge on any atom is -0.481 e. The number of rotatable bonds is 2. The molecule has 0 amide bonds. The molecule has 0 spiro atoms. The molecule has 6 heteroatoms. The van der Waals surface area contributed by atoms with E-state index in [1.165, 1.54) is 7.11 Å². The van der Waals surface area contributed by atoms with Gasteiger partial charge >= 0.3 is 11.9 Å². The molecule has 138 valence electrons. The molecule has 4 atom stereocenters. The summed E-state index contributed by atoms with van der Waals surface area (Å²) in [5.74, 6) is 0.0530. The number of methoxy groups -OCH3 is 1. The Labute approximate surface area is 147 Å². The fourth-order valence-electron chi connectivity index (χ4n) is 5.10. The maximum Gasteiger partial charge on any atom is 0.308 e. The molecule has 0 aliphatic heterocycles. The van der Waals surface area contributed by atoms with Gasteiger partial charge in [0.1, 0.15) is 11.6 Å². The second kappa shape index (κ2) is 7.26. The van der Waals surface area contributed by atoms with Gasteiger partial charge in [-0.05, 0) is 51.4 Å². The number of fused-ring (bicyclic) bond motifs is 4. The van der Waals surface area contributed by atoms with Gasteiger partial charge in [-0.1, -0.05) is 0 Å². The van der Waals surface area contributed by atoms with Crippen LogP contribution in [-0.2, 0) is 23.9 Å². The predicted octanol–water partition coefficient (Wildman–Crippen LogP) is 2.24. The SMILES string of the molecule is COC(=O)C1CC2CCC(C1)C2=O.O=C(O)C1CC2CCC(C1)C2=O. The summed E-state index contributed by atoms with van der Waals surface area (Å²) in [5, 5.41) is 8.78. The molecule has 0 saturated heterocycles. The van der Waals surface area contributed by atoms with E-state index >= 15 is 0 Å². The zero-order valence-electron chi connectivity index (χ0n) is 14.6. The fourth-order valence-corrected chi connectivity index (χ4v) is 5.10. The van der Waals surface area contributed by atoms with Crippen molar-refractivity contribution in [2.45, 2.75) is 51.4 Å². The Kier molecular flexibility index (Phi) is 5.25. The number of esters is 1. The zero-order valence-corrected chi connectivity index (χ0v) is 14.6. The van der Waals surface area contributed by atoms with Crippen LogP contribution in [0.1, 0.15) is 51.4 Å². The summed E-state index contributed by atoms with van der Waals surface area (Å²) >= 11 is 0. The average molecular weight is 350 g/mol. The van der Waals surface area contributed by atoms with Gasteiger partial charge in [0, 0.05) is 23.7 Å². The third-order valence-electron chi connectivity index (χ3n) is 6.50. The minimum atomic E-state index is -0.723. The van der Waals surface area contributed by atoms with Crippen molar-refractivity contribution in [2.24, 2.45) is 35.5 Å². The Hall–Kier alpha value is -1.72. The third kappa shape index (κ3) is 3.62. The molecular formula is C19H26O6. The van der Waals surface area contributed by atoms with Crippen molar-refractivity contribution in [2.75, 3.05) is 7.11 Å². The van der Waals surface area contributed by atoms with E-state index in [1.54, 1.807) is 0 Å². The summed E-state index contributed by atoms with van der Waals surface area (Å²) in [6.07, 6.45) is 6.44. The number of aliphatic carboxylic acids is 1. The first-order valence-corrected chi connectivity index (χ1v) is 9.28. The van der Waals surface area contributed by atoms with Crippen molar-refractivity contribution in [3.63, 3.8) is 0 Å². The highest BCUT2D eigenvalue weighted by atomic mass is 16.5. The summed E-state index contributed by atoms with van der Waals surface area (Å²) in [6, 6.07) is 0. The molecular weight excluding hydrogens is 324 g/mol. The van der Waals surface area contributed by atoms with Crippen LogP contribution in [0.5, 0.6) is 0 Å². The lowest BCUT2D eigenvalue weighted by molar-refractivity contribution is -0.149. The third-order valence-corrected chi connectivity index (χ3v) is 6.50. The van der Waals surface area contributed by atoms with Crippen molar-refractivity contribution >= 4 is 23.5 Å². The van der Waals surface area contributed by atoms with Crippen LogP contribution in [0.15, 0.2) is 0 Å². The Balaban J connectivity index is 0.000000146. The largest absolute Gasteiger partial charge is 0.481 e. The molecule has 4 aliphatic carbocycles. The quantitative estimate of drug-likeness (QED) is 0.767. The molecule has 0 aromatic rings. The van der Waals surface area contributed by atoms with Gasteiger partial charge in [0.2, 0.25) is 0 Å². The summed E-state index contributed by atoms with van der Waals surface area (Å²) < 4.78 is 4.70. The minimum absolute atomic E-state index is 0.0137. The van der Waals surface area contributed by atoms with Crippen LogP contribution in [-0.4, -0.2) is 35.7 Å². The normalized spacial score (nSPS) is 38.8. The van der Waals surface area contributed by atoms with Crippen molar-refractivity contribution in [3.8, 4) is 0 Å². The highest BCUT2D eigenvalue weighted by Crippen LogP contribution is 2.43. The number of carboxylic acid groups (broad SMARTS) is 1. The second-order valence-corrected chi connectivity index (χ2v) is 7.95. The highest BCUT2D eigenvalue weighted by Gasteiger charge is 2.44. The van der Waals surface area contributed by atoms with Crippen LogP contribution in [0.3, 0.4) is 0 Å². The van der Waals surface area contributed by atoms with Gasteiger partial charge in [-0.15, -0.1) is 0 Å². The topological polar surface area (TPSA) is 97.7 Å². The van der Waals surface area contributed by atoms with Gasteiger partial charge in [0.25, 0.3) is 0 Å². The monoisotopic (exact) mass is 350 g/mol. The molecule has 4 rings (SSSR count). The number of hydrogen-bond acceptors (Lipinski definition) is 5. The smallest absolute Gasteiger partial charge is 0.308 e. The fraction of sp³-hybridized carbons (Fsp3) is 0.789. The number of hydrogen-bond donors (Lipinski definition) is 1. The van der Waals surface area contributed by atoms with Gasteiger partial charge in [0.05, 0.1) is 18.9 Å². The van der Waals surface area contributed by atoms with Crippen LogP contribution in [0.2, 0.25) is 0 Å². The van der Waals surface area contributed by atoms with Crippen LogP contribution >= 0.6 is 0 Å². The molecule has 4 aliphatic rings. The van der Waals surface area contributed by atoms with Gasteiger partial charge < -0.3 is 9.84 Å². The summed E-state index contributed by atoms with van der Waals surface area (Å²) in [7, 11) is 1.42. The lowest BCUT2D eigenvalue weighted by Crippen LogP contribution is -2.30. The number of ketones is 2. The molecule has 0 heterocycles. The van der Waals surface area contributed by atoms with Crippen LogP contribution in [0.25, 0.3) is 0 Å². The Morgan fingerprint density at radius 3 is 1.48 bits per heavy atom. The lowest BCUT2D eigenvalue weighted by atomic mass is 9.80. The number of Topliss-reactive ketones (excluding diaryl/α,β-unsaturated/α-hetero) is 2. The van der Waals surface area contributed by atoms with E-state index in [4.69, 9.17) is 9.84 Å². The summed E-state index contributed by atoms with van der Waals surface area (Å²) in [6.45, 7) is 0. The van der Waals surface area contributed by atoms with Crippen molar-refractivity contribution < 1.29 is 29.0 Å². The van der Waals surface area contributed by atoms with E-state index in [0.717, 1.165) is 38.5 Å². The summed E-state index contributed by atoms with van der Waals surface area (Å²) in [4.78, 5) is 44.8. The van der Waals surface area contributed by atoms with Gasteiger partial charge in [-0.25, -0.2) is 0 Å². The Morgan fingerprint density at radius 2 is 1.16 bits per heavy atom. The molecule has 4 unspecified atom stereocenters. The first-order valence-electron chi connectivity index (χ1n) is 9.28. The highest BCUT2D eigenvalue weighted by molar-refractivity contribution is 5.88. The standard InChI is InChI=1S/C10H14O3.C9H12O3/c1-13-10(12)8-4-6-2-3-7(5-8)9(6)11;10-8-5-1-2-6(8)4-7(3-5)9(11)12/h6-8H,2-5H2,1H3;5-7H,1-4H2,(H,11,12). The van der Waals surface area contributed by atoms with Crippen molar-refractivity contribution in [3.05, 3.63) is 0 Å². The molecule has 0 aromatic heterocycles. The van der Waals surface area contributed by atoms with E-state index in [0.29, 0.717) is 24.4 Å². The number of ether oxygens (including phenoxy) is 1. The zero-order chi connectivity index (χ0) is 18.1. The second-order valence-electron chi connectivity index (χ2n) is 7.95. The molecule has 4 bridgehead atoms. The van der Waals surface area contributed by atoms with E-state index in [2.05, 4.69) is 0 Å². The molecule has 4 fully saturated rings. The maximum absolute atomic E-state index is 11.5. The Morgan fingerprint density at radius 1 is 0.800 bits per heavy atom. The molecule has 0 aromatic carbocycles. The molecule has 0 radical (unpaired) electrons. The van der Waals surface area contributed by atoms with E-state index in [-0.39, 0.29) is 41.5 Å². The van der Waals surface area contributed by atoms with Crippen LogP contribution < -0.4 is 0 Å². The van der Waals surface area contributed by atoms with E-state index in [1.807, 2.05) is 0 Å². The number of carbonyl (C=O) groups excluding carboxylic acids is 3. The number of carboxylic acids is 1. The van der Waals surface area contributed by atoms with Gasteiger partial charge in [0.15, 0.2) is 0 Å². The molecule has 25 heavy (non-hydrogen) atoms. The number of carbonyl (C=O) groups is 4. The average Bonchev–Trinajstić information content (AvgIpc) is 2.95. The van der Waals surface area contributed by atoms with Crippen molar-refractivity contribution in [1.29, 1.82) is 0 Å². The predicted molar refractivity (Wildman–Crippen MR) is 87.5 cm³/mol. The Bertz CT molecular complexity index is 550. The summed E-state index contributed by atoms with van der Waals surface area (Å²) in [5.41, 5.74) is 0. The first kappa shape index (κ1) is 18.1. The van der Waals surface area contributed by atoms with Gasteiger partial charge in [-0.2, -0.15) is 0 Å². The molecule has 6 nitrogen and oxygen atoms in total. The van der Waals surface area contributed by atoms with Crippen LogP contribution in [0.4, 0.5) is 0 Å². The molecule has 4 saturated carbocycles. The maximum atomic E-state index is 11.5. The van der Waals surface area contributed by atoms with Crippen molar-refractivity contribution in [1.82, 2.24) is 0 Å². The van der Waals surface area contributed by atoms with Gasteiger partial charge in [-0.3, -0.25) is 19.2 Å². The molecule has 1 N–H and O–H groups in total.